The third-order valence-electron chi connectivity index (χ3n) is 1.16. The normalized spacial score (nSPS) is 13.1. The highest BCUT2D eigenvalue weighted by atomic mass is 16.1. The van der Waals surface area contributed by atoms with E-state index < -0.39 is 0 Å². The van der Waals surface area contributed by atoms with Gasteiger partial charge in [0.2, 0.25) is 0 Å². The van der Waals surface area contributed by atoms with Gasteiger partial charge in [-0.25, -0.2) is 0 Å². The Morgan fingerprint density at radius 2 is 2.18 bits per heavy atom. The van der Waals surface area contributed by atoms with Crippen LogP contribution in [0.2, 0.25) is 0 Å². The van der Waals surface area contributed by atoms with E-state index in [1.165, 1.54) is 0 Å². The second-order valence-electron chi connectivity index (χ2n) is 2.12. The summed E-state index contributed by atoms with van der Waals surface area (Å²) in [4.78, 5) is 10.3. The standard InChI is InChI=1S/C10H14O/c1-3-5-6-8-10(9-11)7-4-2/h4-9H,3H2,1-2H3. The fourth-order valence-electron chi connectivity index (χ4n) is 0.642. The molecule has 0 spiro atoms. The molecule has 0 rings (SSSR count). The predicted molar refractivity (Wildman–Crippen MR) is 48.4 cm³/mol. The van der Waals surface area contributed by atoms with E-state index in [-0.39, 0.29) is 0 Å². The van der Waals surface area contributed by atoms with Gasteiger partial charge in [0.25, 0.3) is 0 Å². The van der Waals surface area contributed by atoms with E-state index in [4.69, 9.17) is 0 Å². The Hall–Kier alpha value is -1.11. The molecule has 0 aromatic carbocycles. The molecule has 0 fully saturated rings. The molecular formula is C10H14O. The van der Waals surface area contributed by atoms with Gasteiger partial charge in [0.1, 0.15) is 6.29 Å². The molecule has 0 aliphatic rings. The summed E-state index contributed by atoms with van der Waals surface area (Å²) in [7, 11) is 0. The van der Waals surface area contributed by atoms with Crippen LogP contribution in [0.5, 0.6) is 0 Å². The lowest BCUT2D eigenvalue weighted by Crippen LogP contribution is -1.75. The molecule has 60 valence electrons. The number of hydrogen-bond donors (Lipinski definition) is 0. The quantitative estimate of drug-likeness (QED) is 0.342. The van der Waals surface area contributed by atoms with E-state index >= 15 is 0 Å². The zero-order valence-electron chi connectivity index (χ0n) is 7.08. The van der Waals surface area contributed by atoms with Crippen molar-refractivity contribution in [3.8, 4) is 0 Å². The summed E-state index contributed by atoms with van der Waals surface area (Å²) in [6.45, 7) is 3.95. The van der Waals surface area contributed by atoms with Crippen LogP contribution in [0, 0.1) is 0 Å². The van der Waals surface area contributed by atoms with Crippen molar-refractivity contribution in [2.45, 2.75) is 20.3 Å². The first kappa shape index (κ1) is 9.89. The van der Waals surface area contributed by atoms with Crippen molar-refractivity contribution in [1.82, 2.24) is 0 Å². The first-order valence-corrected chi connectivity index (χ1v) is 3.79. The smallest absolute Gasteiger partial charge is 0.150 e. The zero-order chi connectivity index (χ0) is 8.53. The van der Waals surface area contributed by atoms with E-state index in [0.717, 1.165) is 12.7 Å². The van der Waals surface area contributed by atoms with Crippen LogP contribution in [-0.4, -0.2) is 6.29 Å². The highest BCUT2D eigenvalue weighted by molar-refractivity contribution is 5.77. The van der Waals surface area contributed by atoms with Crippen molar-refractivity contribution in [2.75, 3.05) is 0 Å². The lowest BCUT2D eigenvalue weighted by atomic mass is 10.2. The van der Waals surface area contributed by atoms with Gasteiger partial charge in [0.15, 0.2) is 0 Å². The van der Waals surface area contributed by atoms with E-state index in [9.17, 15) is 4.79 Å². The van der Waals surface area contributed by atoms with Crippen molar-refractivity contribution >= 4 is 6.29 Å². The first-order chi connectivity index (χ1) is 5.35. The van der Waals surface area contributed by atoms with Gasteiger partial charge in [-0.2, -0.15) is 0 Å². The molecule has 0 aromatic rings. The fourth-order valence-corrected chi connectivity index (χ4v) is 0.642. The van der Waals surface area contributed by atoms with Crippen molar-refractivity contribution in [3.63, 3.8) is 0 Å². The molecule has 0 aliphatic carbocycles. The summed E-state index contributed by atoms with van der Waals surface area (Å²) in [6.07, 6.45) is 11.2. The van der Waals surface area contributed by atoms with Gasteiger partial charge < -0.3 is 0 Å². The highest BCUT2D eigenvalue weighted by Crippen LogP contribution is 1.93. The molecule has 0 aromatic heterocycles. The summed E-state index contributed by atoms with van der Waals surface area (Å²) >= 11 is 0. The van der Waals surface area contributed by atoms with Crippen molar-refractivity contribution in [2.24, 2.45) is 0 Å². The van der Waals surface area contributed by atoms with Crippen molar-refractivity contribution in [1.29, 1.82) is 0 Å². The summed E-state index contributed by atoms with van der Waals surface area (Å²) < 4.78 is 0. The molecule has 0 amide bonds. The number of carbonyl (C=O) groups excluding carboxylic acids is 1. The summed E-state index contributed by atoms with van der Waals surface area (Å²) in [5, 5.41) is 0. The number of aldehydes is 1. The second kappa shape index (κ2) is 7.00. The summed E-state index contributed by atoms with van der Waals surface area (Å²) in [5.41, 5.74) is 0.706. The first-order valence-electron chi connectivity index (χ1n) is 3.79. The second-order valence-corrected chi connectivity index (χ2v) is 2.12. The zero-order valence-corrected chi connectivity index (χ0v) is 7.08. The van der Waals surface area contributed by atoms with Crippen LogP contribution in [0.15, 0.2) is 36.0 Å². The average molecular weight is 150 g/mol. The van der Waals surface area contributed by atoms with Crippen LogP contribution < -0.4 is 0 Å². The van der Waals surface area contributed by atoms with Gasteiger partial charge in [0, 0.05) is 5.57 Å². The number of allylic oxidation sites excluding steroid dienone is 6. The maximum Gasteiger partial charge on any atom is 0.150 e. The molecule has 0 N–H and O–H groups in total. The molecular weight excluding hydrogens is 136 g/mol. The molecule has 11 heavy (non-hydrogen) atoms. The van der Waals surface area contributed by atoms with Gasteiger partial charge >= 0.3 is 0 Å². The molecule has 0 heterocycles. The van der Waals surface area contributed by atoms with Crippen LogP contribution in [0.3, 0.4) is 0 Å². The van der Waals surface area contributed by atoms with E-state index in [1.807, 2.05) is 25.2 Å². The lowest BCUT2D eigenvalue weighted by molar-refractivity contribution is -0.104. The molecule has 0 saturated heterocycles. The van der Waals surface area contributed by atoms with Crippen molar-refractivity contribution in [3.05, 3.63) is 36.0 Å². The minimum Gasteiger partial charge on any atom is -0.298 e. The molecule has 1 heteroatoms. The molecule has 0 unspecified atom stereocenters. The van der Waals surface area contributed by atoms with Crippen LogP contribution in [-0.2, 0) is 4.79 Å². The molecule has 0 saturated carbocycles. The lowest BCUT2D eigenvalue weighted by Gasteiger charge is -1.83. The van der Waals surface area contributed by atoms with E-state index in [1.54, 1.807) is 12.2 Å². The van der Waals surface area contributed by atoms with E-state index in [2.05, 4.69) is 6.92 Å². The maximum atomic E-state index is 10.3. The highest BCUT2D eigenvalue weighted by Gasteiger charge is 1.82. The van der Waals surface area contributed by atoms with Gasteiger partial charge in [-0.05, 0) is 13.3 Å². The minimum atomic E-state index is 0.706. The Morgan fingerprint density at radius 1 is 1.45 bits per heavy atom. The minimum absolute atomic E-state index is 0.706. The Kier molecular flexibility index (Phi) is 6.30. The number of hydrogen-bond acceptors (Lipinski definition) is 1. The predicted octanol–water partition coefficient (Wildman–Crippen LogP) is 2.65. The maximum absolute atomic E-state index is 10.3. The molecule has 0 aliphatic heterocycles. The number of carbonyl (C=O) groups is 1. The molecule has 0 radical (unpaired) electrons. The summed E-state index contributed by atoms with van der Waals surface area (Å²) in [6, 6.07) is 0. The Morgan fingerprint density at radius 3 is 2.64 bits per heavy atom. The van der Waals surface area contributed by atoms with E-state index in [0.29, 0.717) is 5.57 Å². The molecule has 0 atom stereocenters. The van der Waals surface area contributed by atoms with Crippen molar-refractivity contribution < 1.29 is 4.79 Å². The van der Waals surface area contributed by atoms with Gasteiger partial charge in [-0.15, -0.1) is 0 Å². The van der Waals surface area contributed by atoms with Gasteiger partial charge in [-0.3, -0.25) is 4.79 Å². The monoisotopic (exact) mass is 150 g/mol. The van der Waals surface area contributed by atoms with Crippen LogP contribution in [0.25, 0.3) is 0 Å². The topological polar surface area (TPSA) is 17.1 Å². The molecule has 1 nitrogen and oxygen atoms in total. The van der Waals surface area contributed by atoms with Crippen LogP contribution in [0.1, 0.15) is 20.3 Å². The Labute approximate surface area is 68.1 Å². The SMILES string of the molecule is CC=CC(C=O)=CC=CCC. The third-order valence-corrected chi connectivity index (χ3v) is 1.16. The average Bonchev–Trinajstić information content (AvgIpc) is 2.03. The number of rotatable bonds is 4. The van der Waals surface area contributed by atoms with Gasteiger partial charge in [0.05, 0.1) is 0 Å². The largest absolute Gasteiger partial charge is 0.298 e. The Balaban J connectivity index is 4.11. The summed E-state index contributed by atoms with van der Waals surface area (Å²) in [5.74, 6) is 0. The fraction of sp³-hybridized carbons (Fsp3) is 0.300. The molecule has 0 bridgehead atoms. The Bertz CT molecular complexity index is 185. The van der Waals surface area contributed by atoms with Crippen LogP contribution in [0.4, 0.5) is 0 Å². The third kappa shape index (κ3) is 5.34. The van der Waals surface area contributed by atoms with Gasteiger partial charge in [-0.1, -0.05) is 37.3 Å². The van der Waals surface area contributed by atoms with Crippen LogP contribution >= 0.6 is 0 Å².